The Balaban J connectivity index is 2.33. The fourth-order valence-corrected chi connectivity index (χ4v) is 1.33. The smallest absolute Gasteiger partial charge is 0.345 e. The summed E-state index contributed by atoms with van der Waals surface area (Å²) >= 11 is 0. The van der Waals surface area contributed by atoms with E-state index in [1.165, 1.54) is 0 Å². The van der Waals surface area contributed by atoms with Gasteiger partial charge in [0.2, 0.25) is 6.29 Å². The third-order valence-electron chi connectivity index (χ3n) is 2.12. The normalized spacial score (nSPS) is 19.9. The highest BCUT2D eigenvalue weighted by Crippen LogP contribution is 2.27. The monoisotopic (exact) mass is 192 g/mol. The Morgan fingerprint density at radius 3 is 2.64 bits per heavy atom. The van der Waals surface area contributed by atoms with Gasteiger partial charge in [0.1, 0.15) is 11.3 Å². The largest absolute Gasteiger partial charge is 0.454 e. The van der Waals surface area contributed by atoms with Crippen LogP contribution in [0, 0.1) is 5.92 Å². The minimum absolute atomic E-state index is 0.160. The molecule has 2 rings (SSSR count). The number of rotatable bonds is 1. The van der Waals surface area contributed by atoms with Crippen LogP contribution in [0.2, 0.25) is 0 Å². The van der Waals surface area contributed by atoms with Gasteiger partial charge in [-0.3, -0.25) is 0 Å². The van der Waals surface area contributed by atoms with Crippen LogP contribution in [0.4, 0.5) is 0 Å². The van der Waals surface area contributed by atoms with Crippen molar-refractivity contribution in [1.82, 2.24) is 0 Å². The second-order valence-electron chi connectivity index (χ2n) is 3.63. The van der Waals surface area contributed by atoms with Gasteiger partial charge in [0, 0.05) is 5.92 Å². The van der Waals surface area contributed by atoms with E-state index in [9.17, 15) is 4.79 Å². The number of para-hydroxylation sites is 1. The molecule has 1 heterocycles. The zero-order valence-corrected chi connectivity index (χ0v) is 8.19. The molecule has 0 amide bonds. The summed E-state index contributed by atoms with van der Waals surface area (Å²) in [6, 6.07) is 7.12. The molecule has 1 unspecified atom stereocenters. The fourth-order valence-electron chi connectivity index (χ4n) is 1.33. The van der Waals surface area contributed by atoms with Crippen LogP contribution in [0.25, 0.3) is 0 Å². The van der Waals surface area contributed by atoms with Crippen LogP contribution in [0.3, 0.4) is 0 Å². The topological polar surface area (TPSA) is 35.5 Å². The number of benzene rings is 1. The fraction of sp³-hybridized carbons (Fsp3) is 0.364. The lowest BCUT2D eigenvalue weighted by Crippen LogP contribution is -2.33. The predicted molar refractivity (Wildman–Crippen MR) is 51.1 cm³/mol. The minimum Gasteiger partial charge on any atom is -0.454 e. The van der Waals surface area contributed by atoms with Crippen LogP contribution in [-0.4, -0.2) is 12.3 Å². The van der Waals surface area contributed by atoms with E-state index in [0.717, 1.165) is 0 Å². The highest BCUT2D eigenvalue weighted by Gasteiger charge is 2.28. The van der Waals surface area contributed by atoms with E-state index in [4.69, 9.17) is 9.47 Å². The highest BCUT2D eigenvalue weighted by atomic mass is 16.7. The van der Waals surface area contributed by atoms with E-state index >= 15 is 0 Å². The first kappa shape index (κ1) is 9.06. The third-order valence-corrected chi connectivity index (χ3v) is 2.12. The van der Waals surface area contributed by atoms with Crippen LogP contribution >= 0.6 is 0 Å². The van der Waals surface area contributed by atoms with Gasteiger partial charge in [-0.25, -0.2) is 4.79 Å². The molecule has 0 saturated heterocycles. The molecular formula is C11H12O3. The van der Waals surface area contributed by atoms with Gasteiger partial charge in [0.15, 0.2) is 0 Å². The van der Waals surface area contributed by atoms with Gasteiger partial charge in [-0.05, 0) is 12.1 Å². The molecule has 1 atom stereocenters. The molecule has 1 aromatic carbocycles. The average molecular weight is 192 g/mol. The summed E-state index contributed by atoms with van der Waals surface area (Å²) in [6.45, 7) is 3.90. The molecule has 0 fully saturated rings. The molecule has 74 valence electrons. The van der Waals surface area contributed by atoms with Crippen molar-refractivity contribution in [3.8, 4) is 5.75 Å². The van der Waals surface area contributed by atoms with E-state index in [1.807, 2.05) is 19.9 Å². The summed E-state index contributed by atoms with van der Waals surface area (Å²) in [4.78, 5) is 11.5. The van der Waals surface area contributed by atoms with Gasteiger partial charge in [-0.15, -0.1) is 0 Å². The van der Waals surface area contributed by atoms with Gasteiger partial charge in [0.05, 0.1) is 0 Å². The molecule has 1 aromatic rings. The summed E-state index contributed by atoms with van der Waals surface area (Å²) < 4.78 is 10.6. The summed E-state index contributed by atoms with van der Waals surface area (Å²) in [5.74, 6) is 0.473. The van der Waals surface area contributed by atoms with Crippen LogP contribution in [0.15, 0.2) is 24.3 Å². The number of ether oxygens (including phenoxy) is 2. The first-order valence-corrected chi connectivity index (χ1v) is 4.65. The molecule has 0 N–H and O–H groups in total. The Labute approximate surface area is 82.6 Å². The second kappa shape index (κ2) is 3.33. The van der Waals surface area contributed by atoms with Crippen LogP contribution in [0.1, 0.15) is 24.2 Å². The van der Waals surface area contributed by atoms with E-state index in [2.05, 4.69) is 0 Å². The summed E-state index contributed by atoms with van der Waals surface area (Å²) in [7, 11) is 0. The van der Waals surface area contributed by atoms with Crippen molar-refractivity contribution in [3.05, 3.63) is 29.8 Å². The summed E-state index contributed by atoms with van der Waals surface area (Å²) in [5, 5.41) is 0. The van der Waals surface area contributed by atoms with Crippen molar-refractivity contribution in [2.75, 3.05) is 0 Å². The maximum atomic E-state index is 11.5. The molecule has 1 aliphatic rings. The van der Waals surface area contributed by atoms with E-state index < -0.39 is 6.29 Å². The SMILES string of the molecule is CC(C)C1OC(=O)c2ccccc2O1. The lowest BCUT2D eigenvalue weighted by Gasteiger charge is -2.27. The number of carbonyl (C=O) groups is 1. The van der Waals surface area contributed by atoms with Gasteiger partial charge < -0.3 is 9.47 Å². The highest BCUT2D eigenvalue weighted by molar-refractivity contribution is 5.93. The van der Waals surface area contributed by atoms with Crippen LogP contribution in [-0.2, 0) is 4.74 Å². The van der Waals surface area contributed by atoms with Gasteiger partial charge >= 0.3 is 5.97 Å². The zero-order chi connectivity index (χ0) is 10.1. The molecule has 3 nitrogen and oxygen atoms in total. The van der Waals surface area contributed by atoms with Gasteiger partial charge in [0.25, 0.3) is 0 Å². The first-order valence-electron chi connectivity index (χ1n) is 4.65. The number of fused-ring (bicyclic) bond motifs is 1. The molecule has 0 bridgehead atoms. The summed E-state index contributed by atoms with van der Waals surface area (Å²) in [5.41, 5.74) is 0.504. The van der Waals surface area contributed by atoms with Crippen molar-refractivity contribution >= 4 is 5.97 Å². The van der Waals surface area contributed by atoms with Crippen molar-refractivity contribution in [2.24, 2.45) is 5.92 Å². The quantitative estimate of drug-likeness (QED) is 0.640. The molecule has 0 aliphatic carbocycles. The number of hydrogen-bond acceptors (Lipinski definition) is 3. The molecule has 0 spiro atoms. The van der Waals surface area contributed by atoms with E-state index in [0.29, 0.717) is 11.3 Å². The van der Waals surface area contributed by atoms with Gasteiger partial charge in [-0.1, -0.05) is 26.0 Å². The number of hydrogen-bond donors (Lipinski definition) is 0. The van der Waals surface area contributed by atoms with E-state index in [-0.39, 0.29) is 11.9 Å². The maximum Gasteiger partial charge on any atom is 0.345 e. The van der Waals surface area contributed by atoms with Crippen molar-refractivity contribution in [2.45, 2.75) is 20.1 Å². The second-order valence-corrected chi connectivity index (χ2v) is 3.63. The van der Waals surface area contributed by atoms with Crippen molar-refractivity contribution < 1.29 is 14.3 Å². The summed E-state index contributed by atoms with van der Waals surface area (Å²) in [6.07, 6.45) is -0.461. The Kier molecular flexibility index (Phi) is 2.15. The Morgan fingerprint density at radius 1 is 1.21 bits per heavy atom. The Morgan fingerprint density at radius 2 is 1.93 bits per heavy atom. The van der Waals surface area contributed by atoms with Crippen LogP contribution in [0.5, 0.6) is 5.75 Å². The lowest BCUT2D eigenvalue weighted by atomic mass is 10.1. The Bertz CT molecular complexity index is 357. The van der Waals surface area contributed by atoms with Crippen LogP contribution < -0.4 is 4.74 Å². The predicted octanol–water partition coefficient (Wildman–Crippen LogP) is 2.22. The van der Waals surface area contributed by atoms with Crippen molar-refractivity contribution in [3.63, 3.8) is 0 Å². The maximum absolute atomic E-state index is 11.5. The molecule has 3 heteroatoms. The molecule has 0 radical (unpaired) electrons. The Hall–Kier alpha value is -1.51. The van der Waals surface area contributed by atoms with Gasteiger partial charge in [-0.2, -0.15) is 0 Å². The van der Waals surface area contributed by atoms with Crippen molar-refractivity contribution in [1.29, 1.82) is 0 Å². The number of carbonyl (C=O) groups excluding carboxylic acids is 1. The minimum atomic E-state index is -0.461. The average Bonchev–Trinajstić information content (AvgIpc) is 2.17. The lowest BCUT2D eigenvalue weighted by molar-refractivity contribution is -0.0839. The third kappa shape index (κ3) is 1.45. The van der Waals surface area contributed by atoms with E-state index in [1.54, 1.807) is 18.2 Å². The molecule has 0 saturated carbocycles. The first-order chi connectivity index (χ1) is 6.68. The number of esters is 1. The number of cyclic esters (lactones) is 1. The molecule has 0 aromatic heterocycles. The molecule has 1 aliphatic heterocycles. The molecular weight excluding hydrogens is 180 g/mol. The standard InChI is InChI=1S/C11H12O3/c1-7(2)11-13-9-6-4-3-5-8(9)10(12)14-11/h3-7,11H,1-2H3. The molecule has 14 heavy (non-hydrogen) atoms. The zero-order valence-electron chi connectivity index (χ0n) is 8.19.